The molecule has 5 heteroatoms. The van der Waals surface area contributed by atoms with Gasteiger partial charge in [0.05, 0.1) is 15.7 Å². The monoisotopic (exact) mass is 263 g/mol. The summed E-state index contributed by atoms with van der Waals surface area (Å²) >= 11 is 11.8. The van der Waals surface area contributed by atoms with Crippen molar-refractivity contribution < 1.29 is 0 Å². The number of aryl methyl sites for hydroxylation is 1. The van der Waals surface area contributed by atoms with E-state index in [4.69, 9.17) is 28.5 Å². The summed E-state index contributed by atoms with van der Waals surface area (Å²) in [5, 5.41) is 9.75. The topological polar surface area (TPSA) is 49.6 Å². The molecule has 0 bridgehead atoms. The van der Waals surface area contributed by atoms with Crippen LogP contribution in [0.1, 0.15) is 11.5 Å². The molecular weight excluding hydrogens is 257 g/mol. The quantitative estimate of drug-likeness (QED) is 0.790. The lowest BCUT2D eigenvalue weighted by molar-refractivity contribution is 1.06. The zero-order valence-electron chi connectivity index (χ0n) is 8.91. The van der Waals surface area contributed by atoms with Crippen LogP contribution in [0.5, 0.6) is 0 Å². The van der Waals surface area contributed by atoms with E-state index in [0.717, 1.165) is 11.3 Å². The lowest BCUT2D eigenvalue weighted by Crippen LogP contribution is -1.94. The van der Waals surface area contributed by atoms with Crippen LogP contribution < -0.4 is 0 Å². The minimum atomic E-state index is 0.145. The molecule has 0 fully saturated rings. The first-order valence-electron chi connectivity index (χ1n) is 4.81. The molecule has 1 aromatic carbocycles. The molecule has 1 aromatic heterocycles. The van der Waals surface area contributed by atoms with Crippen LogP contribution in [0.2, 0.25) is 10.0 Å². The Morgan fingerprint density at radius 2 is 1.88 bits per heavy atom. The molecule has 17 heavy (non-hydrogen) atoms. The van der Waals surface area contributed by atoms with Gasteiger partial charge in [-0.05, 0) is 25.1 Å². The van der Waals surface area contributed by atoms with Crippen molar-refractivity contribution in [3.8, 4) is 17.3 Å². The van der Waals surface area contributed by atoms with Crippen molar-refractivity contribution in [3.05, 3.63) is 45.8 Å². The molecule has 0 aliphatic carbocycles. The Kier molecular flexibility index (Phi) is 3.28. The van der Waals surface area contributed by atoms with Crippen LogP contribution in [0.15, 0.2) is 24.3 Å². The van der Waals surface area contributed by atoms with Crippen LogP contribution in [0.25, 0.3) is 11.3 Å². The Labute approximate surface area is 109 Å². The summed E-state index contributed by atoms with van der Waals surface area (Å²) in [6, 6.07) is 8.93. The van der Waals surface area contributed by atoms with Gasteiger partial charge in [-0.2, -0.15) is 5.26 Å². The van der Waals surface area contributed by atoms with E-state index < -0.39 is 0 Å². The first kappa shape index (κ1) is 11.8. The van der Waals surface area contributed by atoms with Crippen molar-refractivity contribution in [1.82, 2.24) is 9.97 Å². The van der Waals surface area contributed by atoms with Gasteiger partial charge in [0.15, 0.2) is 0 Å². The van der Waals surface area contributed by atoms with E-state index >= 15 is 0 Å². The van der Waals surface area contributed by atoms with Gasteiger partial charge >= 0.3 is 0 Å². The highest BCUT2D eigenvalue weighted by molar-refractivity contribution is 6.42. The number of halogens is 2. The second-order valence-corrected chi connectivity index (χ2v) is 4.27. The van der Waals surface area contributed by atoms with E-state index in [1.54, 1.807) is 24.3 Å². The van der Waals surface area contributed by atoms with Crippen LogP contribution >= 0.6 is 23.2 Å². The Morgan fingerprint density at radius 3 is 2.53 bits per heavy atom. The Balaban J connectivity index is 2.56. The summed E-state index contributed by atoms with van der Waals surface area (Å²) in [5.41, 5.74) is 2.20. The van der Waals surface area contributed by atoms with Gasteiger partial charge < -0.3 is 0 Å². The fraction of sp³-hybridized carbons (Fsp3) is 0.0833. The molecule has 0 saturated carbocycles. The molecule has 0 saturated heterocycles. The Bertz CT molecular complexity index is 618. The molecule has 0 amide bonds. The predicted molar refractivity (Wildman–Crippen MR) is 66.9 cm³/mol. The van der Waals surface area contributed by atoms with Crippen LogP contribution in [0.3, 0.4) is 0 Å². The van der Waals surface area contributed by atoms with Gasteiger partial charge in [0, 0.05) is 11.3 Å². The minimum Gasteiger partial charge on any atom is -0.224 e. The third-order valence-corrected chi connectivity index (χ3v) is 2.91. The number of hydrogen-bond acceptors (Lipinski definition) is 3. The molecule has 0 radical (unpaired) electrons. The van der Waals surface area contributed by atoms with Crippen molar-refractivity contribution in [2.75, 3.05) is 0 Å². The summed E-state index contributed by atoms with van der Waals surface area (Å²) < 4.78 is 0. The molecule has 0 aliphatic rings. The Hall–Kier alpha value is -1.63. The average Bonchev–Trinajstić information content (AvgIpc) is 2.32. The molecule has 0 unspecified atom stereocenters. The molecule has 84 valence electrons. The number of benzene rings is 1. The minimum absolute atomic E-state index is 0.145. The molecular formula is C12H7Cl2N3. The number of aromatic nitrogens is 2. The summed E-state index contributed by atoms with van der Waals surface area (Å²) in [5.74, 6) is 0.145. The van der Waals surface area contributed by atoms with E-state index in [2.05, 4.69) is 9.97 Å². The van der Waals surface area contributed by atoms with Crippen molar-refractivity contribution in [2.24, 2.45) is 0 Å². The van der Waals surface area contributed by atoms with Crippen LogP contribution in [-0.4, -0.2) is 9.97 Å². The average molecular weight is 264 g/mol. The predicted octanol–water partition coefficient (Wildman–Crippen LogP) is 3.63. The fourth-order valence-corrected chi connectivity index (χ4v) is 1.72. The summed E-state index contributed by atoms with van der Waals surface area (Å²) in [6.07, 6.45) is 0. The molecule has 0 N–H and O–H groups in total. The maximum Gasteiger partial charge on any atom is 0.232 e. The molecule has 2 aromatic rings. The lowest BCUT2D eigenvalue weighted by Gasteiger charge is -2.04. The van der Waals surface area contributed by atoms with E-state index in [-0.39, 0.29) is 5.82 Å². The van der Waals surface area contributed by atoms with Crippen LogP contribution in [0, 0.1) is 18.3 Å². The second kappa shape index (κ2) is 4.70. The zero-order valence-corrected chi connectivity index (χ0v) is 10.4. The normalized spacial score (nSPS) is 10.0. The molecule has 0 spiro atoms. The van der Waals surface area contributed by atoms with Gasteiger partial charge in [-0.1, -0.05) is 29.3 Å². The van der Waals surface area contributed by atoms with Crippen molar-refractivity contribution in [3.63, 3.8) is 0 Å². The van der Waals surface area contributed by atoms with Crippen molar-refractivity contribution in [2.45, 2.75) is 6.92 Å². The fourth-order valence-electron chi connectivity index (χ4n) is 1.42. The molecule has 2 rings (SSSR count). The first-order valence-corrected chi connectivity index (χ1v) is 5.57. The third kappa shape index (κ3) is 2.55. The van der Waals surface area contributed by atoms with E-state index in [1.165, 1.54) is 0 Å². The molecule has 0 aliphatic heterocycles. The summed E-state index contributed by atoms with van der Waals surface area (Å²) in [7, 11) is 0. The van der Waals surface area contributed by atoms with Gasteiger partial charge in [0.2, 0.25) is 5.82 Å². The summed E-state index contributed by atoms with van der Waals surface area (Å²) in [4.78, 5) is 8.11. The van der Waals surface area contributed by atoms with E-state index in [0.29, 0.717) is 15.7 Å². The van der Waals surface area contributed by atoms with Gasteiger partial charge in [-0.3, -0.25) is 0 Å². The van der Waals surface area contributed by atoms with E-state index in [9.17, 15) is 0 Å². The van der Waals surface area contributed by atoms with Crippen LogP contribution in [-0.2, 0) is 0 Å². The van der Waals surface area contributed by atoms with Gasteiger partial charge in [-0.15, -0.1) is 0 Å². The molecule has 1 heterocycles. The number of hydrogen-bond donors (Lipinski definition) is 0. The molecule has 0 atom stereocenters. The number of rotatable bonds is 1. The maximum atomic E-state index is 8.81. The van der Waals surface area contributed by atoms with Crippen molar-refractivity contribution in [1.29, 1.82) is 5.26 Å². The number of nitrogens with zero attached hydrogens (tertiary/aromatic N) is 3. The largest absolute Gasteiger partial charge is 0.232 e. The second-order valence-electron chi connectivity index (χ2n) is 3.46. The smallest absolute Gasteiger partial charge is 0.224 e. The standard InChI is InChI=1S/C12H7Cl2N3/c1-7-4-11(17-12(6-15)16-7)8-2-3-9(13)10(14)5-8/h2-5H,1H3. The highest BCUT2D eigenvalue weighted by Gasteiger charge is 2.06. The van der Waals surface area contributed by atoms with Crippen molar-refractivity contribution >= 4 is 23.2 Å². The van der Waals surface area contributed by atoms with Gasteiger partial charge in [0.25, 0.3) is 0 Å². The summed E-state index contributed by atoms with van der Waals surface area (Å²) in [6.45, 7) is 1.81. The third-order valence-electron chi connectivity index (χ3n) is 2.17. The van der Waals surface area contributed by atoms with Gasteiger partial charge in [0.1, 0.15) is 6.07 Å². The van der Waals surface area contributed by atoms with Gasteiger partial charge in [-0.25, -0.2) is 9.97 Å². The van der Waals surface area contributed by atoms with E-state index in [1.807, 2.05) is 13.0 Å². The molecule has 3 nitrogen and oxygen atoms in total. The maximum absolute atomic E-state index is 8.81. The number of nitriles is 1. The highest BCUT2D eigenvalue weighted by Crippen LogP contribution is 2.27. The lowest BCUT2D eigenvalue weighted by atomic mass is 10.1. The highest BCUT2D eigenvalue weighted by atomic mass is 35.5. The Morgan fingerprint density at radius 1 is 1.12 bits per heavy atom. The SMILES string of the molecule is Cc1cc(-c2ccc(Cl)c(Cl)c2)nc(C#N)n1. The first-order chi connectivity index (χ1) is 8.10. The zero-order chi connectivity index (χ0) is 12.4. The van der Waals surface area contributed by atoms with Crippen LogP contribution in [0.4, 0.5) is 0 Å².